The number of likely N-dealkylation sites (tertiary alicyclic amines) is 1. The average Bonchev–Trinajstić information content (AvgIpc) is 2.95. The fraction of sp³-hybridized carbons (Fsp3) is 0.429. The van der Waals surface area contributed by atoms with Gasteiger partial charge in [0.1, 0.15) is 22.9 Å². The maximum Gasteiger partial charge on any atom is 0.254 e. The molecule has 132 valence electrons. The Balaban J connectivity index is 2.44. The summed E-state index contributed by atoms with van der Waals surface area (Å²) < 4.78 is 44.8. The van der Waals surface area contributed by atoms with E-state index in [0.717, 1.165) is 11.0 Å². The third kappa shape index (κ3) is 3.34. The number of carbonyl (C=O) groups excluding carboxylic acids is 2. The van der Waals surface area contributed by atoms with Crippen LogP contribution in [0.4, 0.5) is 4.39 Å². The number of halogens is 1. The third-order valence-corrected chi connectivity index (χ3v) is 5.24. The van der Waals surface area contributed by atoms with Gasteiger partial charge in [-0.1, -0.05) is 0 Å². The summed E-state index contributed by atoms with van der Waals surface area (Å²) in [5.74, 6) is -1.42. The van der Waals surface area contributed by atoms with Gasteiger partial charge in [0.25, 0.3) is 5.91 Å². The predicted octanol–water partition coefficient (Wildman–Crippen LogP) is -0.359. The molecule has 0 aromatic heterocycles. The molecule has 1 saturated heterocycles. The van der Waals surface area contributed by atoms with Gasteiger partial charge in [0.05, 0.1) is 13.7 Å². The molecule has 1 fully saturated rings. The molecule has 0 radical (unpaired) electrons. The van der Waals surface area contributed by atoms with Crippen molar-refractivity contribution in [3.63, 3.8) is 0 Å². The zero-order valence-corrected chi connectivity index (χ0v) is 14.0. The van der Waals surface area contributed by atoms with E-state index in [9.17, 15) is 22.4 Å². The van der Waals surface area contributed by atoms with Crippen LogP contribution in [0, 0.1) is 0 Å². The molecule has 0 saturated carbocycles. The first-order valence-corrected chi connectivity index (χ1v) is 8.55. The molecule has 1 heterocycles. The number of alkyl halides is 1. The SMILES string of the molecule is CNS(=O)(=O)c1cc(C(=O)N2C[C@H](F)C[C@H]2C(N)=O)ccc1OC. The summed E-state index contributed by atoms with van der Waals surface area (Å²) >= 11 is 0. The van der Waals surface area contributed by atoms with Crippen molar-refractivity contribution in [1.82, 2.24) is 9.62 Å². The Kier molecular flexibility index (Phi) is 5.09. The Hall–Kier alpha value is -2.20. The Labute approximate surface area is 138 Å². The quantitative estimate of drug-likeness (QED) is 0.744. The van der Waals surface area contributed by atoms with Crippen molar-refractivity contribution in [3.05, 3.63) is 23.8 Å². The van der Waals surface area contributed by atoms with E-state index in [1.807, 2.05) is 0 Å². The number of benzene rings is 1. The summed E-state index contributed by atoms with van der Waals surface area (Å²) in [6.07, 6.45) is -1.52. The smallest absolute Gasteiger partial charge is 0.254 e. The van der Waals surface area contributed by atoms with Gasteiger partial charge in [0.2, 0.25) is 15.9 Å². The lowest BCUT2D eigenvalue weighted by Crippen LogP contribution is -2.43. The van der Waals surface area contributed by atoms with Crippen molar-refractivity contribution in [3.8, 4) is 5.75 Å². The highest BCUT2D eigenvalue weighted by Crippen LogP contribution is 2.27. The Morgan fingerprint density at radius 1 is 1.42 bits per heavy atom. The summed E-state index contributed by atoms with van der Waals surface area (Å²) in [4.78, 5) is 24.8. The van der Waals surface area contributed by atoms with Crippen LogP contribution in [0.3, 0.4) is 0 Å². The van der Waals surface area contributed by atoms with Crippen LogP contribution in [0.25, 0.3) is 0 Å². The summed E-state index contributed by atoms with van der Waals surface area (Å²) in [6, 6.07) is 2.73. The molecule has 0 spiro atoms. The van der Waals surface area contributed by atoms with E-state index in [4.69, 9.17) is 10.5 Å². The first kappa shape index (κ1) is 18.1. The normalized spacial score (nSPS) is 20.9. The van der Waals surface area contributed by atoms with Gasteiger partial charge in [-0.3, -0.25) is 9.59 Å². The van der Waals surface area contributed by atoms with E-state index in [0.29, 0.717) is 0 Å². The second-order valence-electron chi connectivity index (χ2n) is 5.28. The van der Waals surface area contributed by atoms with Crippen molar-refractivity contribution < 1.29 is 27.1 Å². The van der Waals surface area contributed by atoms with Crippen LogP contribution >= 0.6 is 0 Å². The highest BCUT2D eigenvalue weighted by atomic mass is 32.2. The van der Waals surface area contributed by atoms with Crippen LogP contribution in [0.5, 0.6) is 5.75 Å². The number of hydrogen-bond acceptors (Lipinski definition) is 5. The van der Waals surface area contributed by atoms with Gasteiger partial charge < -0.3 is 15.4 Å². The minimum Gasteiger partial charge on any atom is -0.495 e. The van der Waals surface area contributed by atoms with Crippen LogP contribution in [0.2, 0.25) is 0 Å². The summed E-state index contributed by atoms with van der Waals surface area (Å²) in [5, 5.41) is 0. The molecule has 1 aliphatic heterocycles. The Bertz CT molecular complexity index is 768. The summed E-state index contributed by atoms with van der Waals surface area (Å²) in [5.41, 5.74) is 5.20. The van der Waals surface area contributed by atoms with Gasteiger partial charge in [0, 0.05) is 12.0 Å². The highest BCUT2D eigenvalue weighted by Gasteiger charge is 2.39. The largest absolute Gasteiger partial charge is 0.495 e. The number of hydrogen-bond donors (Lipinski definition) is 2. The minimum absolute atomic E-state index is 0.00928. The highest BCUT2D eigenvalue weighted by molar-refractivity contribution is 7.89. The number of primary amides is 1. The molecule has 2 amide bonds. The molecule has 1 aromatic rings. The maximum atomic E-state index is 13.6. The molecule has 0 aliphatic carbocycles. The minimum atomic E-state index is -3.87. The molecular weight excluding hydrogens is 341 g/mol. The second kappa shape index (κ2) is 6.73. The zero-order chi connectivity index (χ0) is 18.1. The first-order chi connectivity index (χ1) is 11.2. The molecule has 24 heavy (non-hydrogen) atoms. The second-order valence-corrected chi connectivity index (χ2v) is 7.14. The molecule has 1 aliphatic rings. The number of amides is 2. The number of nitrogens with one attached hydrogen (secondary N) is 1. The molecular formula is C14H18FN3O5S. The number of carbonyl (C=O) groups is 2. The molecule has 2 rings (SSSR count). The Morgan fingerprint density at radius 2 is 2.08 bits per heavy atom. The number of sulfonamides is 1. The van der Waals surface area contributed by atoms with Gasteiger partial charge in [-0.15, -0.1) is 0 Å². The van der Waals surface area contributed by atoms with Crippen molar-refractivity contribution in [1.29, 1.82) is 0 Å². The van der Waals surface area contributed by atoms with E-state index in [-0.39, 0.29) is 29.2 Å². The predicted molar refractivity (Wildman–Crippen MR) is 82.8 cm³/mol. The van der Waals surface area contributed by atoms with E-state index >= 15 is 0 Å². The monoisotopic (exact) mass is 359 g/mol. The van der Waals surface area contributed by atoms with Crippen LogP contribution in [-0.4, -0.2) is 58.0 Å². The zero-order valence-electron chi connectivity index (χ0n) is 13.2. The number of nitrogens with zero attached hydrogens (tertiary/aromatic N) is 1. The fourth-order valence-corrected chi connectivity index (χ4v) is 3.49. The van der Waals surface area contributed by atoms with E-state index < -0.39 is 34.1 Å². The third-order valence-electron chi connectivity index (χ3n) is 3.81. The van der Waals surface area contributed by atoms with Crippen molar-refractivity contribution in [2.75, 3.05) is 20.7 Å². The molecule has 8 nitrogen and oxygen atoms in total. The standard InChI is InChI=1S/C14H18FN3O5S/c1-17-24(21,22)12-5-8(3-4-11(12)23-2)14(20)18-7-9(15)6-10(18)13(16)19/h3-5,9-10,17H,6-7H2,1-2H3,(H2,16,19)/t9-,10+/m1/s1. The van der Waals surface area contributed by atoms with Crippen molar-refractivity contribution in [2.45, 2.75) is 23.5 Å². The number of ether oxygens (including phenoxy) is 1. The lowest BCUT2D eigenvalue weighted by atomic mass is 10.1. The van der Waals surface area contributed by atoms with Crippen molar-refractivity contribution in [2.24, 2.45) is 5.73 Å². The molecule has 10 heteroatoms. The van der Waals surface area contributed by atoms with Gasteiger partial charge in [0.15, 0.2) is 0 Å². The number of rotatable bonds is 5. The van der Waals surface area contributed by atoms with Crippen LogP contribution in [0.1, 0.15) is 16.8 Å². The van der Waals surface area contributed by atoms with Gasteiger partial charge in [-0.2, -0.15) is 0 Å². The molecule has 0 bridgehead atoms. The van der Waals surface area contributed by atoms with Crippen LogP contribution < -0.4 is 15.2 Å². The topological polar surface area (TPSA) is 119 Å². The fourth-order valence-electron chi connectivity index (χ4n) is 2.57. The molecule has 1 aromatic carbocycles. The number of methoxy groups -OCH3 is 1. The van der Waals surface area contributed by atoms with Gasteiger partial charge in [-0.25, -0.2) is 17.5 Å². The summed E-state index contributed by atoms with van der Waals surface area (Å²) in [7, 11) is -1.36. The van der Waals surface area contributed by atoms with Crippen molar-refractivity contribution >= 4 is 21.8 Å². The van der Waals surface area contributed by atoms with Crippen LogP contribution in [-0.2, 0) is 14.8 Å². The summed E-state index contributed by atoms with van der Waals surface area (Å²) in [6.45, 7) is -0.271. The molecule has 0 unspecified atom stereocenters. The molecule has 3 N–H and O–H groups in total. The van der Waals surface area contributed by atoms with E-state index in [2.05, 4.69) is 4.72 Å². The van der Waals surface area contributed by atoms with Gasteiger partial charge >= 0.3 is 0 Å². The number of nitrogens with two attached hydrogens (primary N) is 1. The average molecular weight is 359 g/mol. The van der Waals surface area contributed by atoms with E-state index in [1.54, 1.807) is 0 Å². The lowest BCUT2D eigenvalue weighted by molar-refractivity contribution is -0.121. The lowest BCUT2D eigenvalue weighted by Gasteiger charge is -2.22. The van der Waals surface area contributed by atoms with E-state index in [1.165, 1.54) is 26.3 Å². The van der Waals surface area contributed by atoms with Crippen LogP contribution in [0.15, 0.2) is 23.1 Å². The first-order valence-electron chi connectivity index (χ1n) is 7.07. The Morgan fingerprint density at radius 3 is 2.62 bits per heavy atom. The van der Waals surface area contributed by atoms with Gasteiger partial charge in [-0.05, 0) is 25.2 Å². The molecule has 2 atom stereocenters. The maximum absolute atomic E-state index is 13.6.